The van der Waals surface area contributed by atoms with Gasteiger partial charge in [0.1, 0.15) is 11.0 Å². The molecule has 1 unspecified atom stereocenters. The SMILES string of the molecule is CN(c1ccccc1)S(=O)C(C)(C)CCl. The van der Waals surface area contributed by atoms with Gasteiger partial charge in [0, 0.05) is 18.6 Å². The highest BCUT2D eigenvalue weighted by Crippen LogP contribution is 2.22. The first-order chi connectivity index (χ1) is 6.99. The van der Waals surface area contributed by atoms with Gasteiger partial charge in [-0.2, -0.15) is 0 Å². The first-order valence-corrected chi connectivity index (χ1v) is 6.40. The summed E-state index contributed by atoms with van der Waals surface area (Å²) in [6.07, 6.45) is 0. The van der Waals surface area contributed by atoms with Gasteiger partial charge in [0.15, 0.2) is 0 Å². The Morgan fingerprint density at radius 1 is 1.33 bits per heavy atom. The monoisotopic (exact) mass is 245 g/mol. The normalized spacial score (nSPS) is 13.6. The third-order valence-corrected chi connectivity index (χ3v) is 4.79. The molecule has 0 heterocycles. The van der Waals surface area contributed by atoms with Crippen LogP contribution in [-0.4, -0.2) is 21.9 Å². The molecule has 84 valence electrons. The Bertz CT molecular complexity index is 340. The molecule has 0 N–H and O–H groups in total. The Morgan fingerprint density at radius 2 is 1.87 bits per heavy atom. The van der Waals surface area contributed by atoms with Gasteiger partial charge in [-0.3, -0.25) is 4.31 Å². The van der Waals surface area contributed by atoms with Crippen molar-refractivity contribution in [1.82, 2.24) is 0 Å². The molecule has 4 heteroatoms. The molecule has 0 saturated carbocycles. The fourth-order valence-corrected chi connectivity index (χ4v) is 2.58. The number of rotatable bonds is 4. The quantitative estimate of drug-likeness (QED) is 0.747. The number of halogens is 1. The van der Waals surface area contributed by atoms with Gasteiger partial charge >= 0.3 is 0 Å². The molecule has 0 aromatic heterocycles. The van der Waals surface area contributed by atoms with E-state index in [-0.39, 0.29) is 0 Å². The number of nitrogens with zero attached hydrogens (tertiary/aromatic N) is 1. The topological polar surface area (TPSA) is 20.3 Å². The average molecular weight is 246 g/mol. The number of benzene rings is 1. The second-order valence-corrected chi connectivity index (χ2v) is 6.39. The van der Waals surface area contributed by atoms with Crippen LogP contribution >= 0.6 is 11.6 Å². The maximum absolute atomic E-state index is 12.1. The second-order valence-electron chi connectivity index (χ2n) is 3.98. The zero-order valence-electron chi connectivity index (χ0n) is 9.24. The number of hydrogen-bond donors (Lipinski definition) is 0. The summed E-state index contributed by atoms with van der Waals surface area (Å²) in [5.74, 6) is 0.372. The van der Waals surface area contributed by atoms with Crippen molar-refractivity contribution < 1.29 is 4.21 Å². The largest absolute Gasteiger partial charge is 0.294 e. The molecule has 0 spiro atoms. The lowest BCUT2D eigenvalue weighted by Crippen LogP contribution is -2.38. The van der Waals surface area contributed by atoms with Crippen molar-refractivity contribution in [3.05, 3.63) is 30.3 Å². The van der Waals surface area contributed by atoms with E-state index in [1.54, 1.807) is 4.31 Å². The lowest BCUT2D eigenvalue weighted by molar-refractivity contribution is 0.649. The van der Waals surface area contributed by atoms with Crippen molar-refractivity contribution >= 4 is 28.3 Å². The van der Waals surface area contributed by atoms with E-state index in [1.165, 1.54) is 0 Å². The van der Waals surface area contributed by atoms with Gasteiger partial charge in [0.2, 0.25) is 0 Å². The second kappa shape index (κ2) is 4.99. The van der Waals surface area contributed by atoms with Crippen LogP contribution in [0.2, 0.25) is 0 Å². The average Bonchev–Trinajstić information content (AvgIpc) is 2.28. The summed E-state index contributed by atoms with van der Waals surface area (Å²) >= 11 is 5.80. The van der Waals surface area contributed by atoms with Crippen LogP contribution in [0.25, 0.3) is 0 Å². The Balaban J connectivity index is 2.87. The molecule has 0 bridgehead atoms. The maximum atomic E-state index is 12.1. The van der Waals surface area contributed by atoms with Crippen molar-refractivity contribution in [2.45, 2.75) is 18.6 Å². The number of para-hydroxylation sites is 1. The fraction of sp³-hybridized carbons (Fsp3) is 0.455. The van der Waals surface area contributed by atoms with Gasteiger partial charge in [-0.1, -0.05) is 18.2 Å². The summed E-state index contributed by atoms with van der Waals surface area (Å²) in [5, 5.41) is 0. The smallest absolute Gasteiger partial charge is 0.126 e. The van der Waals surface area contributed by atoms with Crippen molar-refractivity contribution in [3.8, 4) is 0 Å². The molecular weight excluding hydrogens is 230 g/mol. The van der Waals surface area contributed by atoms with Crippen LogP contribution in [0.1, 0.15) is 13.8 Å². The molecular formula is C11H16ClNOS. The molecule has 0 saturated heterocycles. The van der Waals surface area contributed by atoms with E-state index >= 15 is 0 Å². The van der Waals surface area contributed by atoms with E-state index in [0.29, 0.717) is 5.88 Å². The minimum Gasteiger partial charge on any atom is -0.294 e. The van der Waals surface area contributed by atoms with Crippen molar-refractivity contribution in [3.63, 3.8) is 0 Å². The highest BCUT2D eigenvalue weighted by Gasteiger charge is 2.28. The van der Waals surface area contributed by atoms with Crippen molar-refractivity contribution in [2.24, 2.45) is 0 Å². The number of anilines is 1. The molecule has 0 aliphatic heterocycles. The van der Waals surface area contributed by atoms with Crippen molar-refractivity contribution in [1.29, 1.82) is 0 Å². The third-order valence-electron chi connectivity index (χ3n) is 2.16. The van der Waals surface area contributed by atoms with Crippen LogP contribution in [0, 0.1) is 0 Å². The Labute approximate surface area is 98.8 Å². The standard InChI is InChI=1S/C11H16ClNOS/c1-11(2,9-12)15(14)13(3)10-7-5-4-6-8-10/h4-8H,9H2,1-3H3. The summed E-state index contributed by atoms with van der Waals surface area (Å²) < 4.78 is 13.5. The van der Waals surface area contributed by atoms with E-state index in [2.05, 4.69) is 0 Å². The van der Waals surface area contributed by atoms with Crippen LogP contribution in [0.4, 0.5) is 5.69 Å². The van der Waals surface area contributed by atoms with Crippen molar-refractivity contribution in [2.75, 3.05) is 17.2 Å². The van der Waals surface area contributed by atoms with E-state index < -0.39 is 15.7 Å². The Morgan fingerprint density at radius 3 is 2.33 bits per heavy atom. The predicted molar refractivity (Wildman–Crippen MR) is 67.8 cm³/mol. The van der Waals surface area contributed by atoms with E-state index in [4.69, 9.17) is 11.6 Å². The van der Waals surface area contributed by atoms with Crippen LogP contribution in [-0.2, 0) is 11.0 Å². The summed E-state index contributed by atoms with van der Waals surface area (Å²) in [6, 6.07) is 9.66. The summed E-state index contributed by atoms with van der Waals surface area (Å²) in [4.78, 5) is 0. The molecule has 0 amide bonds. The zero-order chi connectivity index (χ0) is 11.5. The molecule has 0 fully saturated rings. The summed E-state index contributed by atoms with van der Waals surface area (Å²) in [6.45, 7) is 3.80. The van der Waals surface area contributed by atoms with E-state index in [9.17, 15) is 4.21 Å². The lowest BCUT2D eigenvalue weighted by Gasteiger charge is -2.28. The van der Waals surface area contributed by atoms with E-state index in [1.807, 2.05) is 51.2 Å². The minimum atomic E-state index is -1.12. The van der Waals surface area contributed by atoms with Crippen LogP contribution < -0.4 is 4.31 Å². The maximum Gasteiger partial charge on any atom is 0.126 e. The number of hydrogen-bond acceptors (Lipinski definition) is 1. The first kappa shape index (κ1) is 12.5. The molecule has 15 heavy (non-hydrogen) atoms. The van der Waals surface area contributed by atoms with Gasteiger partial charge < -0.3 is 0 Å². The van der Waals surface area contributed by atoms with E-state index in [0.717, 1.165) is 5.69 Å². The van der Waals surface area contributed by atoms with Crippen LogP contribution in [0.15, 0.2) is 30.3 Å². The Kier molecular flexibility index (Phi) is 4.17. The molecule has 0 aliphatic rings. The fourth-order valence-electron chi connectivity index (χ4n) is 1.15. The molecule has 1 aromatic carbocycles. The predicted octanol–water partition coefficient (Wildman–Crippen LogP) is 2.80. The van der Waals surface area contributed by atoms with Gasteiger partial charge in [-0.15, -0.1) is 11.6 Å². The molecule has 0 aliphatic carbocycles. The molecule has 2 nitrogen and oxygen atoms in total. The summed E-state index contributed by atoms with van der Waals surface area (Å²) in [5.41, 5.74) is 0.939. The first-order valence-electron chi connectivity index (χ1n) is 4.76. The molecule has 0 radical (unpaired) electrons. The lowest BCUT2D eigenvalue weighted by atomic mass is 10.2. The zero-order valence-corrected chi connectivity index (χ0v) is 10.8. The highest BCUT2D eigenvalue weighted by molar-refractivity contribution is 7.87. The Hall–Kier alpha value is -0.540. The highest BCUT2D eigenvalue weighted by atomic mass is 35.5. The van der Waals surface area contributed by atoms with Gasteiger partial charge in [-0.05, 0) is 26.0 Å². The van der Waals surface area contributed by atoms with Gasteiger partial charge in [0.05, 0.1) is 4.75 Å². The van der Waals surface area contributed by atoms with Gasteiger partial charge in [0.25, 0.3) is 0 Å². The molecule has 1 rings (SSSR count). The molecule has 1 atom stereocenters. The summed E-state index contributed by atoms with van der Waals surface area (Å²) in [7, 11) is 0.694. The number of alkyl halides is 1. The van der Waals surface area contributed by atoms with Gasteiger partial charge in [-0.25, -0.2) is 4.21 Å². The molecule has 1 aromatic rings. The third kappa shape index (κ3) is 2.95. The minimum absolute atomic E-state index is 0.372. The van der Waals surface area contributed by atoms with Crippen LogP contribution in [0.5, 0.6) is 0 Å². The van der Waals surface area contributed by atoms with Crippen LogP contribution in [0.3, 0.4) is 0 Å².